The number of hydrogen-bond donors (Lipinski definition) is 0. The maximum absolute atomic E-state index is 2.59. The summed E-state index contributed by atoms with van der Waals surface area (Å²) in [5.74, 6) is 0. The van der Waals surface area contributed by atoms with E-state index in [9.17, 15) is 0 Å². The summed E-state index contributed by atoms with van der Waals surface area (Å²) < 4.78 is 3.83. The predicted molar refractivity (Wildman–Crippen MR) is 178 cm³/mol. The van der Waals surface area contributed by atoms with Gasteiger partial charge in [-0.05, 0) is 0 Å². The number of benzene rings is 4. The molecule has 0 bridgehead atoms. The molecule has 4 aromatic rings. The molecule has 4 aromatic carbocycles. The Morgan fingerprint density at radius 1 is 0.595 bits per heavy atom. The third-order valence-electron chi connectivity index (χ3n) is 8.59. The van der Waals surface area contributed by atoms with Crippen LogP contribution in [0.15, 0.2) is 119 Å². The maximum atomic E-state index is 2.48. The predicted octanol–water partition coefficient (Wildman–Crippen LogP) is 2.59. The monoisotopic (exact) mass is 700 g/mol. The van der Waals surface area contributed by atoms with Crippen LogP contribution in [0.1, 0.15) is 32.3 Å². The van der Waals surface area contributed by atoms with Gasteiger partial charge in [0.2, 0.25) is 0 Å². The molecular formula is C37H40Cl2Si2Zr. The first-order chi connectivity index (χ1) is 19.1. The second kappa shape index (κ2) is 13.0. The smallest absolute Gasteiger partial charge is 1.00 e. The van der Waals surface area contributed by atoms with Gasteiger partial charge in [-0.2, -0.15) is 0 Å². The molecule has 0 heterocycles. The summed E-state index contributed by atoms with van der Waals surface area (Å²) in [6, 6.07) is 38.1. The molecule has 214 valence electrons. The molecule has 0 N–H and O–H groups in total. The summed E-state index contributed by atoms with van der Waals surface area (Å²) in [7, 11) is -2.76. The van der Waals surface area contributed by atoms with Gasteiger partial charge in [-0.3, -0.25) is 0 Å². The van der Waals surface area contributed by atoms with E-state index in [4.69, 9.17) is 0 Å². The van der Waals surface area contributed by atoms with E-state index in [0.29, 0.717) is 3.63 Å². The van der Waals surface area contributed by atoms with Crippen molar-refractivity contribution in [1.82, 2.24) is 0 Å². The Kier molecular flexibility index (Phi) is 10.2. The fraction of sp³-hybridized carbons (Fsp3) is 0.216. The third kappa shape index (κ3) is 6.33. The van der Waals surface area contributed by atoms with Crippen LogP contribution in [0.5, 0.6) is 0 Å². The molecule has 0 aliphatic heterocycles. The van der Waals surface area contributed by atoms with Crippen molar-refractivity contribution in [1.29, 1.82) is 0 Å². The fourth-order valence-corrected chi connectivity index (χ4v) is 17.7. The summed E-state index contributed by atoms with van der Waals surface area (Å²) in [5, 5.41) is 3.07. The van der Waals surface area contributed by atoms with Gasteiger partial charge in [0.05, 0.1) is 0 Å². The van der Waals surface area contributed by atoms with Crippen molar-refractivity contribution >= 4 is 29.7 Å². The summed E-state index contributed by atoms with van der Waals surface area (Å²) in [5.41, 5.74) is 8.84. The molecule has 0 saturated carbocycles. The van der Waals surface area contributed by atoms with Gasteiger partial charge in [0.1, 0.15) is 0 Å². The first-order valence-electron chi connectivity index (χ1n) is 14.6. The van der Waals surface area contributed by atoms with E-state index in [1.807, 2.05) is 0 Å². The van der Waals surface area contributed by atoms with Gasteiger partial charge in [0.15, 0.2) is 0 Å². The Morgan fingerprint density at radius 2 is 1.02 bits per heavy atom. The fourth-order valence-electron chi connectivity index (χ4n) is 6.36. The van der Waals surface area contributed by atoms with E-state index in [0.717, 1.165) is 6.42 Å². The topological polar surface area (TPSA) is 0 Å². The normalized spacial score (nSPS) is 13.7. The number of halogens is 2. The van der Waals surface area contributed by atoms with E-state index >= 15 is 0 Å². The third-order valence-corrected chi connectivity index (χ3v) is 21.0. The first kappa shape index (κ1) is 33.0. The van der Waals surface area contributed by atoms with Gasteiger partial charge in [-0.15, -0.1) is 0 Å². The SMILES string of the molecule is C[Si](C)(C)c1ccc([C](c2ccc([Si](C)(C)C)cc2)=[Zr+2]([C]2=CC=CC2)[CH]2c3ccccc3-c3ccccc32)cc1.[Cl-].[Cl-]. The van der Waals surface area contributed by atoms with Crippen molar-refractivity contribution in [3.8, 4) is 11.1 Å². The van der Waals surface area contributed by atoms with Crippen LogP contribution in [0, 0.1) is 0 Å². The van der Waals surface area contributed by atoms with Crippen molar-refractivity contribution in [2.45, 2.75) is 49.3 Å². The van der Waals surface area contributed by atoms with E-state index in [2.05, 4.69) is 155 Å². The average Bonchev–Trinajstić information content (AvgIpc) is 3.58. The van der Waals surface area contributed by atoms with Crippen molar-refractivity contribution in [2.24, 2.45) is 0 Å². The van der Waals surface area contributed by atoms with Gasteiger partial charge >= 0.3 is 252 Å². The molecule has 0 aromatic heterocycles. The van der Waals surface area contributed by atoms with Crippen LogP contribution in [0.3, 0.4) is 0 Å². The number of rotatable bonds is 6. The molecule has 0 nitrogen and oxygen atoms in total. The zero-order chi connectivity index (χ0) is 28.1. The van der Waals surface area contributed by atoms with Crippen molar-refractivity contribution in [2.75, 3.05) is 0 Å². The van der Waals surface area contributed by atoms with Gasteiger partial charge in [0, 0.05) is 0 Å². The second-order valence-corrected chi connectivity index (χ2v) is 29.8. The van der Waals surface area contributed by atoms with Crippen LogP contribution in [0.2, 0.25) is 39.3 Å². The standard InChI is InChI=1S/C19H26Si2.C13H9.C5H5.2ClH.Zr/c1-20(2,3)18-11-7-16(8-12-18)15-17-9-13-19(14-10-17)21(4,5)6;1-3-7-12-10(5-1)9-11-6-2-4-8-13(11)12;1-2-4-5-3-1;;;/h7-14H,1-6H3;1-9H;1-3H,4H2;2*1H;/q;;;;;+2/p-2. The molecule has 0 radical (unpaired) electrons. The zero-order valence-corrected chi connectivity index (χ0v) is 31.5. The van der Waals surface area contributed by atoms with Gasteiger partial charge in [0.25, 0.3) is 0 Å². The molecule has 0 saturated heterocycles. The molecule has 42 heavy (non-hydrogen) atoms. The molecule has 2 aliphatic rings. The van der Waals surface area contributed by atoms with Crippen LogP contribution in [0.25, 0.3) is 11.1 Å². The summed E-state index contributed by atoms with van der Waals surface area (Å²) in [6.45, 7) is 14.7. The number of allylic oxidation sites excluding steroid dienone is 4. The second-order valence-electron chi connectivity index (χ2n) is 13.4. The number of hydrogen-bond acceptors (Lipinski definition) is 0. The van der Waals surface area contributed by atoms with Crippen molar-refractivity contribution < 1.29 is 46.1 Å². The number of fused-ring (bicyclic) bond motifs is 3. The molecule has 2 aliphatic carbocycles. The molecule has 0 unspecified atom stereocenters. The Balaban J connectivity index is 0.00000202. The van der Waals surface area contributed by atoms with Crippen LogP contribution >= 0.6 is 0 Å². The van der Waals surface area contributed by atoms with Crippen LogP contribution in [-0.2, 0) is 21.3 Å². The summed E-state index contributed by atoms with van der Waals surface area (Å²) >= 11 is -2.59. The van der Waals surface area contributed by atoms with Gasteiger partial charge in [-0.25, -0.2) is 0 Å². The molecule has 0 fully saturated rings. The Hall–Kier alpha value is -1.87. The van der Waals surface area contributed by atoms with Crippen molar-refractivity contribution in [3.05, 3.63) is 141 Å². The first-order valence-corrected chi connectivity index (χ1v) is 25.5. The minimum Gasteiger partial charge on any atom is -1.00 e. The molecule has 0 atom stereocenters. The largest absolute Gasteiger partial charge is 1.00 e. The molecule has 0 amide bonds. The average molecular weight is 703 g/mol. The maximum Gasteiger partial charge on any atom is -1.00 e. The van der Waals surface area contributed by atoms with E-state index < -0.39 is 37.4 Å². The van der Waals surface area contributed by atoms with Gasteiger partial charge in [-0.1, -0.05) is 0 Å². The van der Waals surface area contributed by atoms with Crippen LogP contribution < -0.4 is 35.2 Å². The summed E-state index contributed by atoms with van der Waals surface area (Å²) in [4.78, 5) is 0. The van der Waals surface area contributed by atoms with E-state index in [1.165, 1.54) is 32.6 Å². The van der Waals surface area contributed by atoms with Crippen LogP contribution in [0.4, 0.5) is 0 Å². The van der Waals surface area contributed by atoms with Gasteiger partial charge < -0.3 is 24.8 Å². The van der Waals surface area contributed by atoms with E-state index in [1.54, 1.807) is 17.6 Å². The van der Waals surface area contributed by atoms with E-state index in [-0.39, 0.29) is 24.8 Å². The van der Waals surface area contributed by atoms with Crippen molar-refractivity contribution in [3.63, 3.8) is 0 Å². The Labute approximate surface area is 275 Å². The summed E-state index contributed by atoms with van der Waals surface area (Å²) in [6.07, 6.45) is 8.26. The molecular weight excluding hydrogens is 663 g/mol. The Bertz CT molecular complexity index is 1560. The zero-order valence-electron chi connectivity index (χ0n) is 25.5. The Morgan fingerprint density at radius 3 is 1.40 bits per heavy atom. The minimum atomic E-state index is -2.59. The van der Waals surface area contributed by atoms with Crippen LogP contribution in [-0.4, -0.2) is 19.4 Å². The quantitative estimate of drug-likeness (QED) is 0.272. The molecule has 5 heteroatoms. The molecule has 0 spiro atoms. The molecule has 6 rings (SSSR count). The minimum absolute atomic E-state index is 0.